The van der Waals surface area contributed by atoms with E-state index in [9.17, 15) is 27.3 Å². The van der Waals surface area contributed by atoms with E-state index in [0.29, 0.717) is 6.07 Å². The van der Waals surface area contributed by atoms with Crippen molar-refractivity contribution in [1.82, 2.24) is 0 Å². The summed E-state index contributed by atoms with van der Waals surface area (Å²) in [5.41, 5.74) is -1.30. The van der Waals surface area contributed by atoms with Gasteiger partial charge in [0.25, 0.3) is 5.69 Å². The number of nitro groups is 1. The molecule has 0 bridgehead atoms. The number of rotatable bonds is 5. The molecule has 0 aliphatic heterocycles. The molecule has 0 spiro atoms. The maximum atomic E-state index is 13.4. The smallest absolute Gasteiger partial charge is 0.295 e. The van der Waals surface area contributed by atoms with Gasteiger partial charge < -0.3 is 5.32 Å². The second kappa shape index (κ2) is 5.25. The highest BCUT2D eigenvalue weighted by atomic mass is 32.2. The fourth-order valence-corrected chi connectivity index (χ4v) is 1.70. The Kier molecular flexibility index (Phi) is 4.17. The van der Waals surface area contributed by atoms with E-state index in [-0.39, 0.29) is 12.3 Å². The summed E-state index contributed by atoms with van der Waals surface area (Å²) in [6, 6.07) is 1.44. The summed E-state index contributed by atoms with van der Waals surface area (Å²) in [7, 11) is -3.30. The average molecular weight is 280 g/mol. The van der Waals surface area contributed by atoms with E-state index >= 15 is 0 Å². The Bertz CT molecular complexity index is 574. The van der Waals surface area contributed by atoms with E-state index in [2.05, 4.69) is 5.32 Å². The molecule has 1 aromatic rings. The zero-order valence-electron chi connectivity index (χ0n) is 9.31. The van der Waals surface area contributed by atoms with Gasteiger partial charge >= 0.3 is 0 Å². The fourth-order valence-electron chi connectivity index (χ4n) is 1.22. The molecular weight excluding hydrogens is 270 g/mol. The van der Waals surface area contributed by atoms with Crippen molar-refractivity contribution < 1.29 is 22.1 Å². The van der Waals surface area contributed by atoms with E-state index < -0.39 is 37.8 Å². The van der Waals surface area contributed by atoms with E-state index in [1.807, 2.05) is 0 Å². The molecular formula is C9H10F2N2O4S. The van der Waals surface area contributed by atoms with Crippen molar-refractivity contribution in [2.24, 2.45) is 0 Å². The number of halogens is 2. The van der Waals surface area contributed by atoms with Gasteiger partial charge in [-0.3, -0.25) is 10.1 Å². The van der Waals surface area contributed by atoms with Crippen LogP contribution in [0.25, 0.3) is 0 Å². The summed E-state index contributed by atoms with van der Waals surface area (Å²) in [5, 5.41) is 12.8. The number of benzene rings is 1. The minimum Gasteiger partial charge on any atom is -0.376 e. The van der Waals surface area contributed by atoms with Crippen LogP contribution >= 0.6 is 0 Å². The van der Waals surface area contributed by atoms with Gasteiger partial charge in [-0.05, 0) is 6.07 Å². The average Bonchev–Trinajstić information content (AvgIpc) is 2.22. The van der Waals surface area contributed by atoms with Crippen molar-refractivity contribution in [2.75, 3.05) is 23.9 Å². The third-order valence-electron chi connectivity index (χ3n) is 2.04. The molecule has 100 valence electrons. The standard InChI is InChI=1S/C9H10F2N2O4S/c1-18(16,17)5-4-12-9-7(13(14)15)3-2-6(10)8(9)11/h2-3,12H,4-5H2,1H3. The lowest BCUT2D eigenvalue weighted by atomic mass is 10.2. The molecule has 0 heterocycles. The molecule has 0 aliphatic rings. The second-order valence-electron chi connectivity index (χ2n) is 3.57. The lowest BCUT2D eigenvalue weighted by Gasteiger charge is -2.07. The Morgan fingerprint density at radius 3 is 2.50 bits per heavy atom. The third kappa shape index (κ3) is 3.62. The number of nitrogens with one attached hydrogen (secondary N) is 1. The Morgan fingerprint density at radius 2 is 2.00 bits per heavy atom. The topological polar surface area (TPSA) is 89.3 Å². The predicted octanol–water partition coefficient (Wildman–Crippen LogP) is 1.33. The summed E-state index contributed by atoms with van der Waals surface area (Å²) < 4.78 is 48.0. The molecule has 0 radical (unpaired) electrons. The quantitative estimate of drug-likeness (QED) is 0.649. The molecule has 0 aliphatic carbocycles. The van der Waals surface area contributed by atoms with Crippen molar-refractivity contribution in [3.05, 3.63) is 33.9 Å². The Hall–Kier alpha value is -1.77. The van der Waals surface area contributed by atoms with Crippen LogP contribution in [0.3, 0.4) is 0 Å². The maximum absolute atomic E-state index is 13.4. The highest BCUT2D eigenvalue weighted by Crippen LogP contribution is 2.28. The minimum atomic E-state index is -3.30. The first-order valence-corrected chi connectivity index (χ1v) is 6.82. The molecule has 1 rings (SSSR count). The molecule has 1 N–H and O–H groups in total. The molecule has 0 amide bonds. The molecule has 0 atom stereocenters. The predicted molar refractivity (Wildman–Crippen MR) is 61.2 cm³/mol. The van der Waals surface area contributed by atoms with Crippen LogP contribution in [-0.4, -0.2) is 31.9 Å². The molecule has 0 saturated heterocycles. The van der Waals surface area contributed by atoms with Crippen molar-refractivity contribution in [3.8, 4) is 0 Å². The highest BCUT2D eigenvalue weighted by Gasteiger charge is 2.21. The van der Waals surface area contributed by atoms with Crippen molar-refractivity contribution >= 4 is 21.2 Å². The number of sulfone groups is 1. The van der Waals surface area contributed by atoms with Crippen LogP contribution in [0.15, 0.2) is 12.1 Å². The first-order chi connectivity index (χ1) is 8.22. The minimum absolute atomic E-state index is 0.250. The maximum Gasteiger partial charge on any atom is 0.295 e. The van der Waals surface area contributed by atoms with Crippen LogP contribution < -0.4 is 5.32 Å². The van der Waals surface area contributed by atoms with Gasteiger partial charge in [-0.2, -0.15) is 0 Å². The van der Waals surface area contributed by atoms with Gasteiger partial charge in [0.2, 0.25) is 0 Å². The summed E-state index contributed by atoms with van der Waals surface area (Å²) in [6.45, 7) is -0.250. The van der Waals surface area contributed by atoms with Crippen LogP contribution in [0, 0.1) is 21.7 Å². The number of hydrogen-bond acceptors (Lipinski definition) is 5. The van der Waals surface area contributed by atoms with E-state index in [1.54, 1.807) is 0 Å². The third-order valence-corrected chi connectivity index (χ3v) is 2.99. The van der Waals surface area contributed by atoms with E-state index in [4.69, 9.17) is 0 Å². The lowest BCUT2D eigenvalue weighted by Crippen LogP contribution is -2.16. The van der Waals surface area contributed by atoms with Gasteiger partial charge in [0.1, 0.15) is 9.84 Å². The molecule has 1 aromatic carbocycles. The Morgan fingerprint density at radius 1 is 1.39 bits per heavy atom. The molecule has 0 saturated carbocycles. The summed E-state index contributed by atoms with van der Waals surface area (Å²) in [4.78, 5) is 9.72. The Balaban J connectivity index is 2.99. The molecule has 0 unspecified atom stereocenters. The number of nitro benzene ring substituents is 1. The van der Waals surface area contributed by atoms with Crippen LogP contribution in [0.4, 0.5) is 20.2 Å². The molecule has 6 nitrogen and oxygen atoms in total. The van der Waals surface area contributed by atoms with Gasteiger partial charge in [-0.15, -0.1) is 0 Å². The summed E-state index contributed by atoms with van der Waals surface area (Å²) in [5.74, 6) is -3.00. The highest BCUT2D eigenvalue weighted by molar-refractivity contribution is 7.90. The first-order valence-electron chi connectivity index (χ1n) is 4.76. The van der Waals surface area contributed by atoms with Crippen LogP contribution in [-0.2, 0) is 9.84 Å². The number of hydrogen-bond donors (Lipinski definition) is 1. The SMILES string of the molecule is CS(=O)(=O)CCNc1c([N+](=O)[O-])ccc(F)c1F. The largest absolute Gasteiger partial charge is 0.376 e. The summed E-state index contributed by atoms with van der Waals surface area (Å²) >= 11 is 0. The van der Waals surface area contributed by atoms with E-state index in [1.165, 1.54) is 0 Å². The van der Waals surface area contributed by atoms with Crippen LogP contribution in [0.5, 0.6) is 0 Å². The Labute approximate surface area is 102 Å². The van der Waals surface area contributed by atoms with Crippen molar-refractivity contribution in [3.63, 3.8) is 0 Å². The summed E-state index contributed by atoms with van der Waals surface area (Å²) in [6.07, 6.45) is 0.963. The van der Waals surface area contributed by atoms with Crippen molar-refractivity contribution in [2.45, 2.75) is 0 Å². The van der Waals surface area contributed by atoms with Crippen LogP contribution in [0.2, 0.25) is 0 Å². The normalized spacial score (nSPS) is 11.3. The molecule has 18 heavy (non-hydrogen) atoms. The number of anilines is 1. The van der Waals surface area contributed by atoms with Crippen LogP contribution in [0.1, 0.15) is 0 Å². The van der Waals surface area contributed by atoms with Gasteiger partial charge in [-0.1, -0.05) is 0 Å². The number of nitrogens with zero attached hydrogens (tertiary/aromatic N) is 1. The zero-order valence-corrected chi connectivity index (χ0v) is 10.1. The van der Waals surface area contributed by atoms with E-state index in [0.717, 1.165) is 12.3 Å². The molecule has 0 fully saturated rings. The lowest BCUT2D eigenvalue weighted by molar-refractivity contribution is -0.384. The van der Waals surface area contributed by atoms with Gasteiger partial charge in [0.15, 0.2) is 17.3 Å². The first kappa shape index (κ1) is 14.3. The van der Waals surface area contributed by atoms with Gasteiger partial charge in [0.05, 0.1) is 10.7 Å². The second-order valence-corrected chi connectivity index (χ2v) is 5.83. The van der Waals surface area contributed by atoms with Gasteiger partial charge in [0, 0.05) is 18.9 Å². The molecule has 0 aromatic heterocycles. The monoisotopic (exact) mass is 280 g/mol. The molecule has 9 heteroatoms. The zero-order chi connectivity index (χ0) is 13.9. The fraction of sp³-hybridized carbons (Fsp3) is 0.333. The van der Waals surface area contributed by atoms with Gasteiger partial charge in [-0.25, -0.2) is 17.2 Å². The van der Waals surface area contributed by atoms with Crippen molar-refractivity contribution in [1.29, 1.82) is 0 Å².